The third kappa shape index (κ3) is 19.1. The maximum absolute atomic E-state index is 12.0. The Kier molecular flexibility index (Phi) is 27.1. The number of fused-ring (bicyclic) bond motifs is 3. The minimum Gasteiger partial charge on any atom is -0.494 e. The maximum atomic E-state index is 12.0. The van der Waals surface area contributed by atoms with Gasteiger partial charge >= 0.3 is 5.97 Å². The van der Waals surface area contributed by atoms with Crippen LogP contribution in [-0.2, 0) is 0 Å². The van der Waals surface area contributed by atoms with Gasteiger partial charge in [-0.2, -0.15) is 8.75 Å². The van der Waals surface area contributed by atoms with E-state index in [1.165, 1.54) is 139 Å². The first-order chi connectivity index (χ1) is 48.3. The molecular weight excluding hydrogens is 1290 g/mol. The molecule has 0 saturated carbocycles. The molecule has 11 aromatic rings. The van der Waals surface area contributed by atoms with Crippen molar-refractivity contribution < 1.29 is 28.8 Å². The van der Waals surface area contributed by atoms with Gasteiger partial charge in [-0.15, -0.1) is 34.0 Å². The Hall–Kier alpha value is -7.99. The molecule has 0 unspecified atom stereocenters. The lowest BCUT2D eigenvalue weighted by atomic mass is 10.0. The molecule has 0 aliphatic heterocycles. The summed E-state index contributed by atoms with van der Waals surface area (Å²) in [5.74, 6) is 9.71. The SMILES string of the molecule is CCCCCCCCOc1ccc(-c2ccc(N(c3ccc(-c4ccc(OCCCCCCCC)cc4)cc3)c3ccc(-c4ccc(C#Cc5cc6c(OCCCCCCCC)c7sc(-c8ccc(C(=O)O)s8)cc7c(OCCCCCCCC)c6s5)c5nsnc45)cc3)cc2)cc1. The van der Waals surface area contributed by atoms with Crippen LogP contribution in [0.3, 0.4) is 0 Å². The Morgan fingerprint density at radius 2 is 0.806 bits per heavy atom. The number of aromatic carboxylic acids is 1. The average molecular weight is 1380 g/mol. The highest BCUT2D eigenvalue weighted by molar-refractivity contribution is 7.27. The number of anilines is 3. The van der Waals surface area contributed by atoms with Gasteiger partial charge in [-0.3, -0.25) is 0 Å². The summed E-state index contributed by atoms with van der Waals surface area (Å²) in [6, 6.07) is 55.7. The molecule has 11 rings (SSSR count). The number of carboxylic acid groups (broad SMARTS) is 1. The van der Waals surface area contributed by atoms with Crippen molar-refractivity contribution in [1.82, 2.24) is 8.75 Å². The lowest BCUT2D eigenvalue weighted by Crippen LogP contribution is -2.09. The van der Waals surface area contributed by atoms with E-state index in [1.807, 2.05) is 6.07 Å². The van der Waals surface area contributed by atoms with Crippen LogP contribution in [0.5, 0.6) is 23.0 Å². The van der Waals surface area contributed by atoms with Crippen LogP contribution in [0.15, 0.2) is 158 Å². The molecule has 13 heteroatoms. The van der Waals surface area contributed by atoms with Gasteiger partial charge in [0.15, 0.2) is 0 Å². The van der Waals surface area contributed by atoms with Gasteiger partial charge in [0.25, 0.3) is 0 Å². The molecular formula is C85H95N3O6S4. The molecule has 1 N–H and O–H groups in total. The molecule has 4 aromatic heterocycles. The molecule has 0 bridgehead atoms. The number of ether oxygens (including phenoxy) is 4. The summed E-state index contributed by atoms with van der Waals surface area (Å²) >= 11 is 5.79. The van der Waals surface area contributed by atoms with Gasteiger partial charge < -0.3 is 29.0 Å². The molecule has 510 valence electrons. The first-order valence-electron chi connectivity index (χ1n) is 36.3. The molecule has 4 heterocycles. The van der Waals surface area contributed by atoms with Crippen molar-refractivity contribution >= 4 is 100.0 Å². The summed E-state index contributed by atoms with van der Waals surface area (Å²) in [4.78, 5) is 17.5. The van der Waals surface area contributed by atoms with Crippen molar-refractivity contribution in [3.05, 3.63) is 173 Å². The maximum Gasteiger partial charge on any atom is 0.345 e. The van der Waals surface area contributed by atoms with Crippen molar-refractivity contribution in [1.29, 1.82) is 0 Å². The number of benzene rings is 7. The fourth-order valence-corrected chi connectivity index (χ4v) is 16.4. The van der Waals surface area contributed by atoms with Gasteiger partial charge in [-0.25, -0.2) is 4.79 Å². The second-order valence-electron chi connectivity index (χ2n) is 25.7. The zero-order valence-corrected chi connectivity index (χ0v) is 61.0. The van der Waals surface area contributed by atoms with Crippen LogP contribution in [0.4, 0.5) is 17.1 Å². The molecule has 0 aliphatic rings. The van der Waals surface area contributed by atoms with Crippen LogP contribution in [0.25, 0.3) is 74.3 Å². The average Bonchev–Trinajstić information content (AvgIpc) is 1.53. The molecule has 0 radical (unpaired) electrons. The van der Waals surface area contributed by atoms with E-state index in [1.54, 1.807) is 28.7 Å². The summed E-state index contributed by atoms with van der Waals surface area (Å²) in [5, 5.41) is 11.8. The lowest BCUT2D eigenvalue weighted by Gasteiger charge is -2.26. The minimum atomic E-state index is -0.916. The van der Waals surface area contributed by atoms with Crippen molar-refractivity contribution in [2.45, 2.75) is 182 Å². The van der Waals surface area contributed by atoms with Gasteiger partial charge in [0.1, 0.15) is 38.9 Å². The highest BCUT2D eigenvalue weighted by atomic mass is 32.1. The van der Waals surface area contributed by atoms with Crippen molar-refractivity contribution in [2.24, 2.45) is 0 Å². The third-order valence-corrected chi connectivity index (χ3v) is 22.2. The second kappa shape index (κ2) is 37.3. The number of nitrogens with zero attached hydrogens (tertiary/aromatic N) is 3. The number of hydrogen-bond donors (Lipinski definition) is 1. The first kappa shape index (κ1) is 71.3. The molecule has 98 heavy (non-hydrogen) atoms. The minimum absolute atomic E-state index is 0.319. The van der Waals surface area contributed by atoms with Gasteiger partial charge in [0, 0.05) is 43.2 Å². The van der Waals surface area contributed by atoms with E-state index in [9.17, 15) is 9.90 Å². The number of carbonyl (C=O) groups is 1. The molecule has 9 nitrogen and oxygen atoms in total. The van der Waals surface area contributed by atoms with Crippen molar-refractivity contribution in [3.63, 3.8) is 0 Å². The van der Waals surface area contributed by atoms with E-state index in [0.29, 0.717) is 18.1 Å². The highest BCUT2D eigenvalue weighted by Gasteiger charge is 2.24. The number of unbranched alkanes of at least 4 members (excludes halogenated alkanes) is 20. The molecule has 0 amide bonds. The van der Waals surface area contributed by atoms with E-state index >= 15 is 0 Å². The number of aromatic nitrogens is 2. The van der Waals surface area contributed by atoms with Crippen LogP contribution in [-0.4, -0.2) is 46.3 Å². The number of rotatable bonds is 40. The molecule has 0 atom stereocenters. The van der Waals surface area contributed by atoms with Crippen LogP contribution in [0.1, 0.15) is 202 Å². The number of carboxylic acids is 1. The first-order valence-corrected chi connectivity index (χ1v) is 39.4. The summed E-state index contributed by atoms with van der Waals surface area (Å²) in [6.07, 6.45) is 28.8. The lowest BCUT2D eigenvalue weighted by molar-refractivity contribution is 0.0702. The van der Waals surface area contributed by atoms with E-state index in [0.717, 1.165) is 177 Å². The van der Waals surface area contributed by atoms with Crippen molar-refractivity contribution in [2.75, 3.05) is 31.3 Å². The topological polar surface area (TPSA) is 103 Å². The van der Waals surface area contributed by atoms with E-state index in [4.69, 9.17) is 27.7 Å². The summed E-state index contributed by atoms with van der Waals surface area (Å²) < 4.78 is 37.9. The molecule has 0 spiro atoms. The Morgan fingerprint density at radius 1 is 0.398 bits per heavy atom. The molecule has 7 aromatic carbocycles. The Morgan fingerprint density at radius 3 is 1.27 bits per heavy atom. The molecule has 0 saturated heterocycles. The Bertz CT molecular complexity index is 4150. The molecule has 0 fully saturated rings. The largest absolute Gasteiger partial charge is 0.494 e. The summed E-state index contributed by atoms with van der Waals surface area (Å²) in [5.41, 5.74) is 12.1. The highest BCUT2D eigenvalue weighted by Crippen LogP contribution is 2.52. The normalized spacial score (nSPS) is 11.4. The van der Waals surface area contributed by atoms with E-state index < -0.39 is 5.97 Å². The quantitative estimate of drug-likeness (QED) is 0.0297. The standard InChI is InChI=1S/C85H95N3O6S4/c1-5-9-13-17-21-25-55-91-70-47-35-63(36-48-70)61-29-41-67(42-30-61)88(68-43-31-62(32-44-68)64-37-49-71(50-38-64)92-56-26-22-18-14-10-6-2)69-45-33-65(34-46-69)73-52-40-66(79-80(73)87-98-86-79)39-51-72-59-74-81(93-57-27-23-19-15-11-7-3)84-75(60-78(97-84)76-53-54-77(96-76)85(89)90)82(83(74)95-72)94-58-28-24-20-16-12-8-4/h29-38,40-50,52-54,59-60H,5-28,55-58H2,1-4H3,(H,89,90). The van der Waals surface area contributed by atoms with Crippen LogP contribution < -0.4 is 23.8 Å². The van der Waals surface area contributed by atoms with Gasteiger partial charge in [-0.05, 0) is 144 Å². The van der Waals surface area contributed by atoms with E-state index in [2.05, 4.69) is 190 Å². The smallest absolute Gasteiger partial charge is 0.345 e. The summed E-state index contributed by atoms with van der Waals surface area (Å²) in [6.45, 7) is 11.7. The van der Waals surface area contributed by atoms with Gasteiger partial charge in [-0.1, -0.05) is 235 Å². The number of thiophene rings is 3. The van der Waals surface area contributed by atoms with Crippen LogP contribution in [0, 0.1) is 11.8 Å². The predicted octanol–water partition coefficient (Wildman–Crippen LogP) is 26.4. The Balaban J connectivity index is 0.861. The van der Waals surface area contributed by atoms with Crippen LogP contribution in [0.2, 0.25) is 0 Å². The van der Waals surface area contributed by atoms with Crippen molar-refractivity contribution in [3.8, 4) is 78.0 Å². The fourth-order valence-electron chi connectivity index (χ4n) is 12.7. The monoisotopic (exact) mass is 1380 g/mol. The molecule has 0 aliphatic carbocycles. The van der Waals surface area contributed by atoms with Gasteiger partial charge in [0.05, 0.1) is 58.0 Å². The Labute approximate surface area is 597 Å². The van der Waals surface area contributed by atoms with Gasteiger partial charge in [0.2, 0.25) is 0 Å². The third-order valence-electron chi connectivity index (χ3n) is 18.2. The number of hydrogen-bond acceptors (Lipinski definition) is 12. The zero-order chi connectivity index (χ0) is 67.7. The van der Waals surface area contributed by atoms with Crippen LogP contribution >= 0.6 is 45.7 Å². The summed E-state index contributed by atoms with van der Waals surface area (Å²) in [7, 11) is 0. The fraction of sp³-hybridized carbons (Fsp3) is 0.376. The second-order valence-corrected chi connectivity index (χ2v) is 29.4. The van der Waals surface area contributed by atoms with E-state index in [-0.39, 0.29) is 0 Å². The predicted molar refractivity (Wildman–Crippen MR) is 417 cm³/mol. The zero-order valence-electron chi connectivity index (χ0n) is 57.8.